The van der Waals surface area contributed by atoms with Crippen molar-refractivity contribution in [2.75, 3.05) is 52.3 Å². The molecule has 1 saturated heterocycles. The molecule has 8 heteroatoms. The van der Waals surface area contributed by atoms with E-state index in [0.29, 0.717) is 18.7 Å². The van der Waals surface area contributed by atoms with Gasteiger partial charge < -0.3 is 24.5 Å². The lowest BCUT2D eigenvalue weighted by Crippen LogP contribution is -2.32. The Bertz CT molecular complexity index is 1070. The van der Waals surface area contributed by atoms with Gasteiger partial charge in [0.15, 0.2) is 0 Å². The number of hydrogen-bond acceptors (Lipinski definition) is 7. The number of thiophene rings is 1. The number of hydrogen-bond donors (Lipinski definition) is 1. The number of amides is 1. The number of likely N-dealkylation sites (tertiary alicyclic amines) is 1. The summed E-state index contributed by atoms with van der Waals surface area (Å²) in [6, 6.07) is 6.76. The first kappa shape index (κ1) is 22.4. The molecular weight excluding hydrogens is 426 g/mol. The first-order valence-corrected chi connectivity index (χ1v) is 11.6. The van der Waals surface area contributed by atoms with Gasteiger partial charge in [-0.15, -0.1) is 11.3 Å². The van der Waals surface area contributed by atoms with Gasteiger partial charge in [0.25, 0.3) is 11.7 Å². The van der Waals surface area contributed by atoms with Crippen molar-refractivity contribution in [1.29, 1.82) is 0 Å². The summed E-state index contributed by atoms with van der Waals surface area (Å²) in [5, 5.41) is 13.3. The van der Waals surface area contributed by atoms with Gasteiger partial charge in [-0.1, -0.05) is 0 Å². The van der Waals surface area contributed by atoms with Crippen molar-refractivity contribution >= 4 is 34.5 Å². The third kappa shape index (κ3) is 4.00. The van der Waals surface area contributed by atoms with Crippen LogP contribution in [-0.4, -0.2) is 74.0 Å². The van der Waals surface area contributed by atoms with Crippen LogP contribution in [0.1, 0.15) is 28.5 Å². The van der Waals surface area contributed by atoms with Gasteiger partial charge in [0.2, 0.25) is 0 Å². The molecule has 2 aliphatic heterocycles. The molecular formula is C24H29N3O4S. The van der Waals surface area contributed by atoms with Crippen LogP contribution >= 0.6 is 11.3 Å². The number of fused-ring (bicyclic) bond motifs is 1. The third-order valence-corrected chi connectivity index (χ3v) is 7.09. The van der Waals surface area contributed by atoms with E-state index in [9.17, 15) is 14.7 Å². The summed E-state index contributed by atoms with van der Waals surface area (Å²) in [5.74, 6) is -0.586. The summed E-state index contributed by atoms with van der Waals surface area (Å²) < 4.78 is 5.70. The maximum atomic E-state index is 13.1. The molecule has 7 nitrogen and oxygen atoms in total. The monoisotopic (exact) mass is 455 g/mol. The molecule has 170 valence electrons. The molecule has 3 heterocycles. The first-order chi connectivity index (χ1) is 15.3. The summed E-state index contributed by atoms with van der Waals surface area (Å²) in [7, 11) is 5.92. The van der Waals surface area contributed by atoms with Crippen LogP contribution in [0.3, 0.4) is 0 Å². The molecule has 0 saturated carbocycles. The number of likely N-dealkylation sites (N-methyl/N-ethyl adjacent to an activating group) is 1. The highest BCUT2D eigenvalue weighted by molar-refractivity contribution is 7.10. The first-order valence-electron chi connectivity index (χ1n) is 10.7. The van der Waals surface area contributed by atoms with Crippen molar-refractivity contribution < 1.29 is 19.4 Å². The normalized spacial score (nSPS) is 20.1. The maximum Gasteiger partial charge on any atom is 0.295 e. The Kier molecular flexibility index (Phi) is 6.26. The van der Waals surface area contributed by atoms with Gasteiger partial charge in [-0.05, 0) is 69.2 Å². The number of Topliss-reactive ketones (excluding diaryl/α,β-unsaturated/α-hetero) is 1. The van der Waals surface area contributed by atoms with E-state index < -0.39 is 17.7 Å². The average molecular weight is 456 g/mol. The van der Waals surface area contributed by atoms with Crippen LogP contribution < -0.4 is 9.64 Å². The van der Waals surface area contributed by atoms with E-state index in [2.05, 4.69) is 4.90 Å². The predicted octanol–water partition coefficient (Wildman–Crippen LogP) is 3.26. The second-order valence-corrected chi connectivity index (χ2v) is 9.52. The molecule has 1 amide bonds. The number of anilines is 1. The van der Waals surface area contributed by atoms with Crippen molar-refractivity contribution in [2.45, 2.75) is 19.4 Å². The number of aliphatic hydroxyl groups is 1. The van der Waals surface area contributed by atoms with Crippen LogP contribution in [-0.2, 0) is 9.59 Å². The van der Waals surface area contributed by atoms with Crippen molar-refractivity contribution in [3.05, 3.63) is 51.2 Å². The number of benzene rings is 1. The topological polar surface area (TPSA) is 73.3 Å². The van der Waals surface area contributed by atoms with Crippen LogP contribution in [0.4, 0.5) is 5.69 Å². The van der Waals surface area contributed by atoms with Crippen molar-refractivity contribution in [2.24, 2.45) is 0 Å². The number of carbonyl (C=O) groups excluding carboxylic acids is 2. The zero-order chi connectivity index (χ0) is 23.0. The molecule has 1 aromatic carbocycles. The highest BCUT2D eigenvalue weighted by atomic mass is 32.1. The molecule has 1 fully saturated rings. The number of rotatable bonds is 6. The zero-order valence-electron chi connectivity index (χ0n) is 18.9. The fourth-order valence-corrected chi connectivity index (χ4v) is 5.31. The fourth-order valence-electron chi connectivity index (χ4n) is 4.26. The van der Waals surface area contributed by atoms with Crippen molar-refractivity contribution in [3.63, 3.8) is 0 Å². The lowest BCUT2D eigenvalue weighted by atomic mass is 9.97. The van der Waals surface area contributed by atoms with Crippen LogP contribution in [0.2, 0.25) is 0 Å². The number of aliphatic hydroxyl groups excluding tert-OH is 1. The van der Waals surface area contributed by atoms with Crippen LogP contribution in [0.5, 0.6) is 5.75 Å². The molecule has 1 aromatic heterocycles. The molecule has 2 aliphatic rings. The van der Waals surface area contributed by atoms with E-state index in [4.69, 9.17) is 4.74 Å². The molecule has 2 aromatic rings. The van der Waals surface area contributed by atoms with Gasteiger partial charge in [-0.25, -0.2) is 0 Å². The molecule has 0 aliphatic carbocycles. The minimum absolute atomic E-state index is 0.141. The standard InChI is InChI=1S/C24H29N3O4S/c1-15-8-13-32-23(15)20-19(22(29)24(30)27(20)10-5-9-25(2)3)21(28)16-6-7-18-17(14-16)26(4)11-12-31-18/h6-8,13-14,20,28H,5,9-12H2,1-4H3/b21-19-. The number of ketones is 1. The largest absolute Gasteiger partial charge is 0.507 e. The molecule has 1 unspecified atom stereocenters. The Morgan fingerprint density at radius 3 is 2.75 bits per heavy atom. The molecule has 0 spiro atoms. The van der Waals surface area contributed by atoms with Gasteiger partial charge in [0.05, 0.1) is 23.8 Å². The van der Waals surface area contributed by atoms with E-state index in [1.165, 1.54) is 11.3 Å². The predicted molar refractivity (Wildman–Crippen MR) is 126 cm³/mol. The number of carbonyl (C=O) groups is 2. The van der Waals surface area contributed by atoms with Crippen molar-refractivity contribution in [3.8, 4) is 5.75 Å². The van der Waals surface area contributed by atoms with E-state index >= 15 is 0 Å². The van der Waals surface area contributed by atoms with Gasteiger partial charge >= 0.3 is 0 Å². The SMILES string of the molecule is Cc1ccsc1C1/C(=C(/O)c2ccc3c(c2)N(C)CCO3)C(=O)C(=O)N1CCCN(C)C. The second kappa shape index (κ2) is 8.96. The zero-order valence-corrected chi connectivity index (χ0v) is 19.7. The number of nitrogens with zero attached hydrogens (tertiary/aromatic N) is 3. The highest BCUT2D eigenvalue weighted by Crippen LogP contribution is 2.43. The Balaban J connectivity index is 1.79. The molecule has 1 atom stereocenters. The van der Waals surface area contributed by atoms with Crippen molar-refractivity contribution in [1.82, 2.24) is 9.80 Å². The smallest absolute Gasteiger partial charge is 0.295 e. The lowest BCUT2D eigenvalue weighted by Gasteiger charge is -2.28. The molecule has 0 radical (unpaired) electrons. The highest BCUT2D eigenvalue weighted by Gasteiger charge is 2.46. The van der Waals surface area contributed by atoms with E-state index in [1.54, 1.807) is 17.0 Å². The Morgan fingerprint density at radius 2 is 2.06 bits per heavy atom. The van der Waals surface area contributed by atoms with E-state index in [-0.39, 0.29) is 11.3 Å². The van der Waals surface area contributed by atoms with E-state index in [0.717, 1.165) is 41.4 Å². The average Bonchev–Trinajstić information content (AvgIpc) is 3.29. The summed E-state index contributed by atoms with van der Waals surface area (Å²) in [4.78, 5) is 32.8. The number of ether oxygens (including phenoxy) is 1. The Labute approximate surface area is 192 Å². The van der Waals surface area contributed by atoms with Crippen LogP contribution in [0, 0.1) is 6.92 Å². The number of aryl methyl sites for hydroxylation is 1. The fraction of sp³-hybridized carbons (Fsp3) is 0.417. The third-order valence-electron chi connectivity index (χ3n) is 6.02. The maximum absolute atomic E-state index is 13.1. The summed E-state index contributed by atoms with van der Waals surface area (Å²) in [6.45, 7) is 4.56. The van der Waals surface area contributed by atoms with Gasteiger partial charge in [0, 0.05) is 24.0 Å². The summed E-state index contributed by atoms with van der Waals surface area (Å²) in [6.07, 6.45) is 0.738. The summed E-state index contributed by atoms with van der Waals surface area (Å²) in [5.41, 5.74) is 2.52. The van der Waals surface area contributed by atoms with Crippen LogP contribution in [0.25, 0.3) is 5.76 Å². The molecule has 0 bridgehead atoms. The van der Waals surface area contributed by atoms with Crippen LogP contribution in [0.15, 0.2) is 35.2 Å². The Hall–Kier alpha value is -2.84. The minimum Gasteiger partial charge on any atom is -0.507 e. The van der Waals surface area contributed by atoms with E-state index in [1.807, 2.05) is 50.5 Å². The molecule has 4 rings (SSSR count). The van der Waals surface area contributed by atoms with Gasteiger partial charge in [-0.2, -0.15) is 0 Å². The lowest BCUT2D eigenvalue weighted by molar-refractivity contribution is -0.139. The van der Waals surface area contributed by atoms with Gasteiger partial charge in [0.1, 0.15) is 18.1 Å². The Morgan fingerprint density at radius 1 is 1.28 bits per heavy atom. The summed E-state index contributed by atoms with van der Waals surface area (Å²) >= 11 is 1.50. The molecule has 32 heavy (non-hydrogen) atoms. The molecule has 1 N–H and O–H groups in total. The second-order valence-electron chi connectivity index (χ2n) is 8.57. The minimum atomic E-state index is -0.632. The van der Waals surface area contributed by atoms with Gasteiger partial charge in [-0.3, -0.25) is 9.59 Å². The quantitative estimate of drug-likeness (QED) is 0.410.